The lowest BCUT2D eigenvalue weighted by Gasteiger charge is -2.29. The highest BCUT2D eigenvalue weighted by Gasteiger charge is 2.22. The fourth-order valence-corrected chi connectivity index (χ4v) is 5.41. The zero-order chi connectivity index (χ0) is 24.9. The summed E-state index contributed by atoms with van der Waals surface area (Å²) in [4.78, 5) is 33.4. The first-order valence-corrected chi connectivity index (χ1v) is 13.4. The molecule has 0 radical (unpaired) electrons. The van der Waals surface area contributed by atoms with Crippen molar-refractivity contribution in [3.63, 3.8) is 0 Å². The van der Waals surface area contributed by atoms with Crippen LogP contribution in [0.2, 0.25) is 0 Å². The summed E-state index contributed by atoms with van der Waals surface area (Å²) in [7, 11) is 0. The third-order valence-electron chi connectivity index (χ3n) is 6.51. The number of benzene rings is 2. The van der Waals surface area contributed by atoms with Crippen molar-refractivity contribution in [2.24, 2.45) is 0 Å². The summed E-state index contributed by atoms with van der Waals surface area (Å²) in [6.07, 6.45) is 1.42. The van der Waals surface area contributed by atoms with E-state index in [4.69, 9.17) is 9.72 Å². The highest BCUT2D eigenvalue weighted by atomic mass is 32.2. The molecular formula is C26H32N6O3S. The molecule has 1 aromatic heterocycles. The number of hydrogen-bond donors (Lipinski definition) is 3. The molecule has 9 nitrogen and oxygen atoms in total. The van der Waals surface area contributed by atoms with Gasteiger partial charge in [-0.25, -0.2) is 10.4 Å². The number of rotatable bonds is 8. The number of hydrazine groups is 1. The van der Waals surface area contributed by atoms with E-state index < -0.39 is 0 Å². The first-order valence-electron chi connectivity index (χ1n) is 12.4. The number of morpholine rings is 1. The van der Waals surface area contributed by atoms with Gasteiger partial charge in [-0.05, 0) is 43.5 Å². The minimum atomic E-state index is -0.100. The molecule has 3 aromatic rings. The molecule has 36 heavy (non-hydrogen) atoms. The predicted octanol–water partition coefficient (Wildman–Crippen LogP) is 1.90. The maximum atomic E-state index is 13.7. The third kappa shape index (κ3) is 5.89. The second kappa shape index (κ2) is 11.4. The van der Waals surface area contributed by atoms with Crippen molar-refractivity contribution in [1.82, 2.24) is 25.7 Å². The van der Waals surface area contributed by atoms with E-state index in [1.807, 2.05) is 36.4 Å². The van der Waals surface area contributed by atoms with Gasteiger partial charge in [0.2, 0.25) is 5.91 Å². The van der Waals surface area contributed by atoms with Gasteiger partial charge in [0.05, 0.1) is 36.0 Å². The number of carbonyl (C=O) groups is 1. The monoisotopic (exact) mass is 508 g/mol. The fraction of sp³-hybridized carbons (Fsp3) is 0.423. The van der Waals surface area contributed by atoms with Crippen molar-refractivity contribution in [3.8, 4) is 0 Å². The molecule has 0 aliphatic carbocycles. The van der Waals surface area contributed by atoms with Crippen molar-refractivity contribution in [1.29, 1.82) is 0 Å². The maximum absolute atomic E-state index is 13.7. The van der Waals surface area contributed by atoms with Crippen LogP contribution in [0, 0.1) is 0 Å². The second-order valence-corrected chi connectivity index (χ2v) is 10.2. The number of aryl methyl sites for hydroxylation is 1. The number of carbonyl (C=O) groups excluding carboxylic acids is 1. The molecule has 190 valence electrons. The van der Waals surface area contributed by atoms with E-state index >= 15 is 0 Å². The number of nitrogens with one attached hydrogen (secondary N) is 3. The van der Waals surface area contributed by atoms with Gasteiger partial charge in [0, 0.05) is 31.4 Å². The normalized spacial score (nSPS) is 20.1. The Labute approximate surface area is 214 Å². The molecule has 1 amide bonds. The van der Waals surface area contributed by atoms with Gasteiger partial charge >= 0.3 is 0 Å². The molecule has 2 saturated heterocycles. The van der Waals surface area contributed by atoms with E-state index in [9.17, 15) is 9.59 Å². The van der Waals surface area contributed by atoms with Crippen molar-refractivity contribution in [2.45, 2.75) is 43.7 Å². The lowest BCUT2D eigenvalue weighted by molar-refractivity contribution is -0.119. The first-order chi connectivity index (χ1) is 17.6. The van der Waals surface area contributed by atoms with Crippen molar-refractivity contribution >= 4 is 34.3 Å². The standard InChI is InChI=1S/C26H32N6O3S/c1-18-15-23(30-29-18)28-24(33)17-36-26-27-22-8-7-20(31-11-13-35-14-12-31)16-21(22)25(34)32(26)10-9-19-5-3-2-4-6-19/h2-8,16,18,23,29-30H,9-15,17H2,1H3,(H,28,33). The Hall–Kier alpha value is -2.92. The molecular weight excluding hydrogens is 476 g/mol. The predicted molar refractivity (Wildman–Crippen MR) is 142 cm³/mol. The van der Waals surface area contributed by atoms with E-state index in [1.54, 1.807) is 4.57 Å². The Morgan fingerprint density at radius 3 is 2.72 bits per heavy atom. The van der Waals surface area contributed by atoms with Gasteiger partial charge in [-0.3, -0.25) is 19.6 Å². The van der Waals surface area contributed by atoms with Gasteiger partial charge < -0.3 is 15.0 Å². The van der Waals surface area contributed by atoms with Gasteiger partial charge in [-0.15, -0.1) is 0 Å². The van der Waals surface area contributed by atoms with Crippen LogP contribution in [0.1, 0.15) is 18.9 Å². The molecule has 10 heteroatoms. The quantitative estimate of drug-likeness (QED) is 0.313. The van der Waals surface area contributed by atoms with Gasteiger partial charge in [0.25, 0.3) is 5.56 Å². The van der Waals surface area contributed by atoms with Crippen LogP contribution in [0.5, 0.6) is 0 Å². The van der Waals surface area contributed by atoms with Crippen LogP contribution in [-0.4, -0.2) is 59.7 Å². The second-order valence-electron chi connectivity index (χ2n) is 9.22. The average molecular weight is 509 g/mol. The third-order valence-corrected chi connectivity index (χ3v) is 7.48. The topological polar surface area (TPSA) is 101 Å². The van der Waals surface area contributed by atoms with Crippen LogP contribution in [0.3, 0.4) is 0 Å². The van der Waals surface area contributed by atoms with Crippen LogP contribution in [-0.2, 0) is 22.5 Å². The minimum absolute atomic E-state index is 0.0792. The summed E-state index contributed by atoms with van der Waals surface area (Å²) in [5, 5.41) is 4.14. The van der Waals surface area contributed by atoms with E-state index in [-0.39, 0.29) is 23.4 Å². The summed E-state index contributed by atoms with van der Waals surface area (Å²) in [6.45, 7) is 5.51. The molecule has 2 unspecified atom stereocenters. The molecule has 5 rings (SSSR count). The first kappa shape index (κ1) is 24.8. The summed E-state index contributed by atoms with van der Waals surface area (Å²) in [5.41, 5.74) is 8.90. The number of nitrogens with zero attached hydrogens (tertiary/aromatic N) is 3. The highest BCUT2D eigenvalue weighted by Crippen LogP contribution is 2.23. The Bertz CT molecular complexity index is 1260. The van der Waals surface area contributed by atoms with Crippen molar-refractivity contribution in [2.75, 3.05) is 37.0 Å². The Morgan fingerprint density at radius 1 is 1.17 bits per heavy atom. The summed E-state index contributed by atoms with van der Waals surface area (Å²) < 4.78 is 7.19. The average Bonchev–Trinajstić information content (AvgIpc) is 3.32. The highest BCUT2D eigenvalue weighted by molar-refractivity contribution is 7.99. The van der Waals surface area contributed by atoms with Crippen LogP contribution < -0.4 is 26.6 Å². The van der Waals surface area contributed by atoms with Crippen LogP contribution in [0.25, 0.3) is 10.9 Å². The lowest BCUT2D eigenvalue weighted by Crippen LogP contribution is -2.45. The minimum Gasteiger partial charge on any atom is -0.378 e. The Balaban J connectivity index is 1.40. The van der Waals surface area contributed by atoms with E-state index in [2.05, 4.69) is 40.1 Å². The Kier molecular flexibility index (Phi) is 7.86. The number of hydrogen-bond acceptors (Lipinski definition) is 8. The number of thioether (sulfide) groups is 1. The molecule has 2 atom stereocenters. The Morgan fingerprint density at radius 2 is 1.97 bits per heavy atom. The van der Waals surface area contributed by atoms with E-state index in [1.165, 1.54) is 11.8 Å². The molecule has 0 spiro atoms. The van der Waals surface area contributed by atoms with Crippen molar-refractivity contribution < 1.29 is 9.53 Å². The largest absolute Gasteiger partial charge is 0.378 e. The summed E-state index contributed by atoms with van der Waals surface area (Å²) in [5.74, 6) is 0.0850. The van der Waals surface area contributed by atoms with Gasteiger partial charge in [0.15, 0.2) is 5.16 Å². The number of fused-ring (bicyclic) bond motifs is 1. The fourth-order valence-electron chi connectivity index (χ4n) is 4.58. The van der Waals surface area contributed by atoms with Crippen LogP contribution >= 0.6 is 11.8 Å². The van der Waals surface area contributed by atoms with E-state index in [0.29, 0.717) is 48.3 Å². The van der Waals surface area contributed by atoms with Gasteiger partial charge in [-0.2, -0.15) is 0 Å². The molecule has 0 saturated carbocycles. The lowest BCUT2D eigenvalue weighted by atomic mass is 10.1. The SMILES string of the molecule is CC1CC(NC(=O)CSc2nc3ccc(N4CCOCC4)cc3c(=O)n2CCc2ccccc2)NN1. The smallest absolute Gasteiger partial charge is 0.262 e. The molecule has 3 N–H and O–H groups in total. The van der Waals surface area contributed by atoms with Crippen LogP contribution in [0.4, 0.5) is 5.69 Å². The molecule has 2 aromatic carbocycles. The van der Waals surface area contributed by atoms with E-state index in [0.717, 1.165) is 30.8 Å². The number of amides is 1. The zero-order valence-electron chi connectivity index (χ0n) is 20.4. The molecule has 3 heterocycles. The summed E-state index contributed by atoms with van der Waals surface area (Å²) >= 11 is 1.30. The van der Waals surface area contributed by atoms with Gasteiger partial charge in [-0.1, -0.05) is 42.1 Å². The molecule has 0 bridgehead atoms. The number of aromatic nitrogens is 2. The molecule has 2 fully saturated rings. The number of ether oxygens (including phenoxy) is 1. The summed E-state index contributed by atoms with van der Waals surface area (Å²) in [6, 6.07) is 16.2. The maximum Gasteiger partial charge on any atom is 0.262 e. The zero-order valence-corrected chi connectivity index (χ0v) is 21.2. The van der Waals surface area contributed by atoms with Gasteiger partial charge in [0.1, 0.15) is 0 Å². The number of anilines is 1. The van der Waals surface area contributed by atoms with Crippen LogP contribution in [0.15, 0.2) is 58.5 Å². The molecule has 2 aliphatic heterocycles. The van der Waals surface area contributed by atoms with Crippen molar-refractivity contribution in [3.05, 3.63) is 64.4 Å². The molecule has 2 aliphatic rings.